The molecule has 0 saturated carbocycles. The second-order valence-electron chi connectivity index (χ2n) is 4.60. The number of nitrogens with zero attached hydrogens (tertiary/aromatic N) is 2. The molecule has 0 aromatic heterocycles. The van der Waals surface area contributed by atoms with Gasteiger partial charge in [0.2, 0.25) is 5.91 Å². The normalized spacial score (nSPS) is 20.4. The molecule has 2 rings (SSSR count). The Morgan fingerprint density at radius 3 is 2.94 bits per heavy atom. The summed E-state index contributed by atoms with van der Waals surface area (Å²) in [6.07, 6.45) is 0.819. The van der Waals surface area contributed by atoms with Gasteiger partial charge in [-0.2, -0.15) is 0 Å². The van der Waals surface area contributed by atoms with Crippen molar-refractivity contribution in [2.75, 3.05) is 31.6 Å². The number of benzene rings is 1. The van der Waals surface area contributed by atoms with E-state index in [1.54, 1.807) is 4.90 Å². The SMILES string of the molecule is CN1C(=O)CN(c2cccc(Cl)c2)CC1CCN. The third-order valence-electron chi connectivity index (χ3n) is 3.37. The third kappa shape index (κ3) is 2.76. The van der Waals surface area contributed by atoms with Crippen LogP contribution in [-0.4, -0.2) is 43.5 Å². The van der Waals surface area contributed by atoms with Crippen LogP contribution in [-0.2, 0) is 4.79 Å². The summed E-state index contributed by atoms with van der Waals surface area (Å²) in [4.78, 5) is 15.8. The Kier molecular flexibility index (Phi) is 4.09. The highest BCUT2D eigenvalue weighted by Gasteiger charge is 2.29. The molecule has 5 heteroatoms. The van der Waals surface area contributed by atoms with Gasteiger partial charge in [-0.3, -0.25) is 4.79 Å². The van der Waals surface area contributed by atoms with Crippen LogP contribution in [0.2, 0.25) is 5.02 Å². The predicted octanol–water partition coefficient (Wildman–Crippen LogP) is 1.34. The van der Waals surface area contributed by atoms with Crippen LogP contribution in [0.5, 0.6) is 0 Å². The van der Waals surface area contributed by atoms with Gasteiger partial charge < -0.3 is 15.5 Å². The summed E-state index contributed by atoms with van der Waals surface area (Å²) in [5.74, 6) is 0.125. The monoisotopic (exact) mass is 267 g/mol. The highest BCUT2D eigenvalue weighted by Crippen LogP contribution is 2.23. The summed E-state index contributed by atoms with van der Waals surface area (Å²) < 4.78 is 0. The van der Waals surface area contributed by atoms with Gasteiger partial charge in [0.05, 0.1) is 12.6 Å². The molecule has 1 atom stereocenters. The van der Waals surface area contributed by atoms with E-state index in [9.17, 15) is 4.79 Å². The van der Waals surface area contributed by atoms with E-state index in [-0.39, 0.29) is 11.9 Å². The minimum absolute atomic E-state index is 0.125. The van der Waals surface area contributed by atoms with Gasteiger partial charge in [0.25, 0.3) is 0 Å². The molecule has 1 aliphatic rings. The lowest BCUT2D eigenvalue weighted by molar-refractivity contribution is -0.132. The molecule has 18 heavy (non-hydrogen) atoms. The van der Waals surface area contributed by atoms with Gasteiger partial charge in [-0.1, -0.05) is 17.7 Å². The molecule has 1 aromatic rings. The Hall–Kier alpha value is -1.26. The van der Waals surface area contributed by atoms with E-state index in [4.69, 9.17) is 17.3 Å². The summed E-state index contributed by atoms with van der Waals surface area (Å²) in [6, 6.07) is 7.78. The molecule has 0 spiro atoms. The van der Waals surface area contributed by atoms with Crippen molar-refractivity contribution in [1.29, 1.82) is 0 Å². The number of amides is 1. The zero-order valence-electron chi connectivity index (χ0n) is 10.5. The van der Waals surface area contributed by atoms with Crippen molar-refractivity contribution in [3.8, 4) is 0 Å². The topological polar surface area (TPSA) is 49.6 Å². The first kappa shape index (κ1) is 13.2. The zero-order chi connectivity index (χ0) is 13.1. The number of carbonyl (C=O) groups is 1. The van der Waals surface area contributed by atoms with E-state index in [0.29, 0.717) is 18.1 Å². The van der Waals surface area contributed by atoms with Gasteiger partial charge in [-0.05, 0) is 31.2 Å². The van der Waals surface area contributed by atoms with Crippen molar-refractivity contribution in [1.82, 2.24) is 4.90 Å². The molecule has 1 aromatic carbocycles. The first-order chi connectivity index (χ1) is 8.61. The Labute approximate surface area is 112 Å². The van der Waals surface area contributed by atoms with Gasteiger partial charge in [-0.15, -0.1) is 0 Å². The maximum absolute atomic E-state index is 12.0. The Bertz CT molecular complexity index is 438. The van der Waals surface area contributed by atoms with E-state index in [1.165, 1.54) is 0 Å². The predicted molar refractivity (Wildman–Crippen MR) is 73.9 cm³/mol. The minimum atomic E-state index is 0.125. The Morgan fingerprint density at radius 2 is 2.28 bits per heavy atom. The van der Waals surface area contributed by atoms with Gasteiger partial charge in [0.1, 0.15) is 0 Å². The molecule has 98 valence electrons. The number of piperazine rings is 1. The van der Waals surface area contributed by atoms with E-state index < -0.39 is 0 Å². The molecular weight excluding hydrogens is 250 g/mol. The number of anilines is 1. The van der Waals surface area contributed by atoms with Gasteiger partial charge >= 0.3 is 0 Å². The third-order valence-corrected chi connectivity index (χ3v) is 3.61. The van der Waals surface area contributed by atoms with Crippen molar-refractivity contribution in [3.05, 3.63) is 29.3 Å². The van der Waals surface area contributed by atoms with Crippen LogP contribution in [0.25, 0.3) is 0 Å². The lowest BCUT2D eigenvalue weighted by atomic mass is 10.1. The fraction of sp³-hybridized carbons (Fsp3) is 0.462. The standard InChI is InChI=1S/C13H18ClN3O/c1-16-12(5-6-15)8-17(9-13(16)18)11-4-2-3-10(14)7-11/h2-4,7,12H,5-6,8-9,15H2,1H3. The minimum Gasteiger partial charge on any atom is -0.360 e. The van der Waals surface area contributed by atoms with Gasteiger partial charge in [0, 0.05) is 24.3 Å². The van der Waals surface area contributed by atoms with Crippen molar-refractivity contribution < 1.29 is 4.79 Å². The first-order valence-electron chi connectivity index (χ1n) is 6.08. The summed E-state index contributed by atoms with van der Waals surface area (Å²) in [7, 11) is 1.85. The van der Waals surface area contributed by atoms with Crippen LogP contribution in [0.1, 0.15) is 6.42 Å². The highest BCUT2D eigenvalue weighted by molar-refractivity contribution is 6.30. The fourth-order valence-electron chi connectivity index (χ4n) is 2.27. The largest absolute Gasteiger partial charge is 0.360 e. The number of hydrogen-bond donors (Lipinski definition) is 1. The van der Waals surface area contributed by atoms with Gasteiger partial charge in [0.15, 0.2) is 0 Å². The lowest BCUT2D eigenvalue weighted by Crippen LogP contribution is -2.55. The van der Waals surface area contributed by atoms with Crippen LogP contribution < -0.4 is 10.6 Å². The molecule has 1 amide bonds. The molecule has 1 fully saturated rings. The van der Waals surface area contributed by atoms with Crippen molar-refractivity contribution in [2.45, 2.75) is 12.5 Å². The number of hydrogen-bond acceptors (Lipinski definition) is 3. The summed E-state index contributed by atoms with van der Waals surface area (Å²) >= 11 is 5.98. The number of nitrogens with two attached hydrogens (primary N) is 1. The van der Waals surface area contributed by atoms with Gasteiger partial charge in [-0.25, -0.2) is 0 Å². The molecule has 1 unspecified atom stereocenters. The average molecular weight is 268 g/mol. The summed E-state index contributed by atoms with van der Waals surface area (Å²) in [5, 5.41) is 0.689. The average Bonchev–Trinajstić information content (AvgIpc) is 2.35. The second kappa shape index (κ2) is 5.59. The maximum Gasteiger partial charge on any atom is 0.242 e. The van der Waals surface area contributed by atoms with Crippen molar-refractivity contribution >= 4 is 23.2 Å². The Balaban J connectivity index is 2.17. The van der Waals surface area contributed by atoms with Crippen LogP contribution >= 0.6 is 11.6 Å². The molecule has 0 radical (unpaired) electrons. The van der Waals surface area contributed by atoms with E-state index in [1.807, 2.05) is 31.3 Å². The fourth-order valence-corrected chi connectivity index (χ4v) is 2.45. The van der Waals surface area contributed by atoms with Crippen molar-refractivity contribution in [2.24, 2.45) is 5.73 Å². The molecular formula is C13H18ClN3O. The summed E-state index contributed by atoms with van der Waals surface area (Å²) in [6.45, 7) is 1.80. The van der Waals surface area contributed by atoms with Crippen LogP contribution in [0.3, 0.4) is 0 Å². The molecule has 0 bridgehead atoms. The molecule has 1 aliphatic heterocycles. The number of halogens is 1. The first-order valence-corrected chi connectivity index (χ1v) is 6.46. The van der Waals surface area contributed by atoms with Crippen molar-refractivity contribution in [3.63, 3.8) is 0 Å². The number of likely N-dealkylation sites (N-methyl/N-ethyl adjacent to an activating group) is 1. The maximum atomic E-state index is 12.0. The highest BCUT2D eigenvalue weighted by atomic mass is 35.5. The zero-order valence-corrected chi connectivity index (χ0v) is 11.2. The van der Waals surface area contributed by atoms with Crippen LogP contribution in [0, 0.1) is 0 Å². The van der Waals surface area contributed by atoms with E-state index >= 15 is 0 Å². The summed E-state index contributed by atoms with van der Waals surface area (Å²) in [5.41, 5.74) is 6.59. The molecule has 1 saturated heterocycles. The lowest BCUT2D eigenvalue weighted by Gasteiger charge is -2.40. The van der Waals surface area contributed by atoms with Crippen LogP contribution in [0.4, 0.5) is 5.69 Å². The molecule has 2 N–H and O–H groups in total. The smallest absolute Gasteiger partial charge is 0.242 e. The number of rotatable bonds is 3. The molecule has 1 heterocycles. The molecule has 4 nitrogen and oxygen atoms in total. The second-order valence-corrected chi connectivity index (χ2v) is 5.03. The van der Waals surface area contributed by atoms with E-state index in [2.05, 4.69) is 4.90 Å². The van der Waals surface area contributed by atoms with E-state index in [0.717, 1.165) is 18.7 Å². The number of carbonyl (C=O) groups excluding carboxylic acids is 1. The van der Waals surface area contributed by atoms with Crippen LogP contribution in [0.15, 0.2) is 24.3 Å². The molecule has 0 aliphatic carbocycles. The quantitative estimate of drug-likeness (QED) is 0.899. The Morgan fingerprint density at radius 1 is 1.50 bits per heavy atom.